The molecule has 0 radical (unpaired) electrons. The van der Waals surface area contributed by atoms with E-state index in [9.17, 15) is 4.79 Å². The van der Waals surface area contributed by atoms with Crippen molar-refractivity contribution in [2.24, 2.45) is 10.9 Å². The third kappa shape index (κ3) is 4.50. The minimum Gasteiger partial charge on any atom is -0.454 e. The number of aliphatic imine (C=N–C) groups is 1. The number of carbonyl (C=O) groups is 1. The van der Waals surface area contributed by atoms with E-state index < -0.39 is 0 Å². The maximum Gasteiger partial charge on any atom is 0.231 e. The van der Waals surface area contributed by atoms with Gasteiger partial charge in [-0.3, -0.25) is 9.79 Å². The maximum absolute atomic E-state index is 12.7. The molecule has 1 aromatic carbocycles. The lowest BCUT2D eigenvalue weighted by Crippen LogP contribution is -2.48. The molecule has 164 valence electrons. The van der Waals surface area contributed by atoms with Gasteiger partial charge in [0.15, 0.2) is 17.5 Å². The van der Waals surface area contributed by atoms with Crippen LogP contribution in [0.25, 0.3) is 0 Å². The monoisotopic (exact) mass is 414 g/mol. The Kier molecular flexibility index (Phi) is 6.06. The fourth-order valence-corrected chi connectivity index (χ4v) is 4.62. The molecule has 7 nitrogen and oxygen atoms in total. The van der Waals surface area contributed by atoms with Gasteiger partial charge < -0.3 is 25.0 Å². The first-order chi connectivity index (χ1) is 14.5. The predicted molar refractivity (Wildman–Crippen MR) is 117 cm³/mol. The molecule has 2 fully saturated rings. The van der Waals surface area contributed by atoms with E-state index in [2.05, 4.69) is 41.6 Å². The van der Waals surface area contributed by atoms with E-state index in [1.54, 1.807) is 7.05 Å². The van der Waals surface area contributed by atoms with Crippen LogP contribution in [0, 0.1) is 5.92 Å². The van der Waals surface area contributed by atoms with Crippen molar-refractivity contribution < 1.29 is 14.3 Å². The first-order valence-corrected chi connectivity index (χ1v) is 11.1. The smallest absolute Gasteiger partial charge is 0.231 e. The maximum atomic E-state index is 12.7. The number of hydrogen-bond acceptors (Lipinski definition) is 4. The van der Waals surface area contributed by atoms with Crippen molar-refractivity contribution in [2.75, 3.05) is 33.5 Å². The second-order valence-electron chi connectivity index (χ2n) is 9.27. The van der Waals surface area contributed by atoms with Crippen LogP contribution in [-0.4, -0.2) is 56.3 Å². The fourth-order valence-electron chi connectivity index (χ4n) is 4.62. The summed E-state index contributed by atoms with van der Waals surface area (Å²) in [6, 6.07) is 6.37. The molecule has 0 aromatic heterocycles. The molecule has 1 saturated heterocycles. The SMILES string of the molecule is CN=C(NCC(C)(C)c1ccc2c(c1)OCO2)NC1CCN(C(=O)C2CCCC2)C1. The molecule has 1 aliphatic carbocycles. The molecule has 0 bridgehead atoms. The second kappa shape index (κ2) is 8.74. The highest BCUT2D eigenvalue weighted by Gasteiger charge is 2.32. The summed E-state index contributed by atoms with van der Waals surface area (Å²) in [5.41, 5.74) is 1.07. The van der Waals surface area contributed by atoms with E-state index in [0.29, 0.717) is 5.91 Å². The number of rotatable bonds is 5. The highest BCUT2D eigenvalue weighted by Crippen LogP contribution is 2.36. The lowest BCUT2D eigenvalue weighted by Gasteiger charge is -2.28. The molecule has 7 heteroatoms. The van der Waals surface area contributed by atoms with Gasteiger partial charge in [0.05, 0.1) is 0 Å². The van der Waals surface area contributed by atoms with Gasteiger partial charge in [0.2, 0.25) is 12.7 Å². The Bertz CT molecular complexity index is 802. The average Bonchev–Trinajstić information content (AvgIpc) is 3.51. The van der Waals surface area contributed by atoms with Crippen LogP contribution in [0.5, 0.6) is 11.5 Å². The average molecular weight is 415 g/mol. The number of hydrogen-bond donors (Lipinski definition) is 2. The Balaban J connectivity index is 1.29. The summed E-state index contributed by atoms with van der Waals surface area (Å²) in [4.78, 5) is 19.1. The van der Waals surface area contributed by atoms with Gasteiger partial charge in [0.25, 0.3) is 0 Å². The van der Waals surface area contributed by atoms with E-state index in [4.69, 9.17) is 9.47 Å². The molecule has 1 unspecified atom stereocenters. The lowest BCUT2D eigenvalue weighted by atomic mass is 9.84. The summed E-state index contributed by atoms with van der Waals surface area (Å²) in [6.45, 7) is 7.01. The molecule has 1 atom stereocenters. The highest BCUT2D eigenvalue weighted by molar-refractivity contribution is 5.81. The van der Waals surface area contributed by atoms with Crippen LogP contribution in [0.3, 0.4) is 0 Å². The van der Waals surface area contributed by atoms with Crippen molar-refractivity contribution in [1.82, 2.24) is 15.5 Å². The molecule has 1 aromatic rings. The molecule has 4 rings (SSSR count). The van der Waals surface area contributed by atoms with Gasteiger partial charge >= 0.3 is 0 Å². The summed E-state index contributed by atoms with van der Waals surface area (Å²) >= 11 is 0. The van der Waals surface area contributed by atoms with Gasteiger partial charge in [-0.05, 0) is 37.0 Å². The van der Waals surface area contributed by atoms with E-state index in [0.717, 1.165) is 56.4 Å². The van der Waals surface area contributed by atoms with Crippen LogP contribution < -0.4 is 20.1 Å². The molecule has 2 N–H and O–H groups in total. The third-order valence-corrected chi connectivity index (χ3v) is 6.62. The Morgan fingerprint density at radius 3 is 2.73 bits per heavy atom. The van der Waals surface area contributed by atoms with E-state index in [-0.39, 0.29) is 24.2 Å². The van der Waals surface area contributed by atoms with Crippen LogP contribution in [0.2, 0.25) is 0 Å². The minimum absolute atomic E-state index is 0.112. The van der Waals surface area contributed by atoms with Gasteiger partial charge in [-0.2, -0.15) is 0 Å². The Morgan fingerprint density at radius 2 is 1.97 bits per heavy atom. The van der Waals surface area contributed by atoms with E-state index >= 15 is 0 Å². The normalized spacial score (nSPS) is 21.9. The number of ether oxygens (including phenoxy) is 2. The molecule has 2 aliphatic heterocycles. The van der Waals surface area contributed by atoms with Crippen LogP contribution in [0.15, 0.2) is 23.2 Å². The summed E-state index contributed by atoms with van der Waals surface area (Å²) in [7, 11) is 1.79. The number of nitrogens with zero attached hydrogens (tertiary/aromatic N) is 2. The largest absolute Gasteiger partial charge is 0.454 e. The summed E-state index contributed by atoms with van der Waals surface area (Å²) in [5.74, 6) is 3.00. The standard InChI is InChI=1S/C23H34N4O3/c1-23(2,17-8-9-19-20(12-17)30-15-29-19)14-25-22(24-3)26-18-10-11-27(13-18)21(28)16-6-4-5-7-16/h8-9,12,16,18H,4-7,10-11,13-15H2,1-3H3,(H2,24,25,26). The Morgan fingerprint density at radius 1 is 1.20 bits per heavy atom. The predicted octanol–water partition coefficient (Wildman–Crippen LogP) is 2.65. The molecule has 0 spiro atoms. The summed E-state index contributed by atoms with van der Waals surface area (Å²) in [5, 5.41) is 6.97. The van der Waals surface area contributed by atoms with Gasteiger partial charge in [0.1, 0.15) is 0 Å². The number of benzene rings is 1. The van der Waals surface area contributed by atoms with Crippen LogP contribution in [0.4, 0.5) is 0 Å². The topological polar surface area (TPSA) is 75.2 Å². The minimum atomic E-state index is -0.112. The molecular formula is C23H34N4O3. The first kappa shape index (κ1) is 20.8. The van der Waals surface area contributed by atoms with Crippen LogP contribution in [-0.2, 0) is 10.2 Å². The van der Waals surface area contributed by atoms with Gasteiger partial charge in [-0.1, -0.05) is 32.8 Å². The number of carbonyl (C=O) groups excluding carboxylic acids is 1. The van der Waals surface area contributed by atoms with Gasteiger partial charge in [-0.25, -0.2) is 0 Å². The molecule has 1 amide bonds. The summed E-state index contributed by atoms with van der Waals surface area (Å²) < 4.78 is 10.9. The summed E-state index contributed by atoms with van der Waals surface area (Å²) in [6.07, 6.45) is 5.48. The molecular weight excluding hydrogens is 380 g/mol. The number of fused-ring (bicyclic) bond motifs is 1. The quantitative estimate of drug-likeness (QED) is 0.572. The fraction of sp³-hybridized carbons (Fsp3) is 0.652. The Labute approximate surface area is 179 Å². The van der Waals surface area contributed by atoms with Crippen molar-refractivity contribution in [2.45, 2.75) is 57.4 Å². The van der Waals surface area contributed by atoms with Crippen molar-refractivity contribution in [3.05, 3.63) is 23.8 Å². The highest BCUT2D eigenvalue weighted by atomic mass is 16.7. The molecule has 3 aliphatic rings. The molecule has 1 saturated carbocycles. The lowest BCUT2D eigenvalue weighted by molar-refractivity contribution is -0.134. The number of likely N-dealkylation sites (tertiary alicyclic amines) is 1. The zero-order valence-electron chi connectivity index (χ0n) is 18.4. The van der Waals surface area contributed by atoms with Crippen LogP contribution >= 0.6 is 0 Å². The van der Waals surface area contributed by atoms with Crippen molar-refractivity contribution >= 4 is 11.9 Å². The third-order valence-electron chi connectivity index (χ3n) is 6.62. The van der Waals surface area contributed by atoms with Crippen molar-refractivity contribution in [3.8, 4) is 11.5 Å². The van der Waals surface area contributed by atoms with Gasteiger partial charge in [0, 0.05) is 44.1 Å². The first-order valence-electron chi connectivity index (χ1n) is 11.1. The van der Waals surface area contributed by atoms with E-state index in [1.807, 2.05) is 11.0 Å². The second-order valence-corrected chi connectivity index (χ2v) is 9.27. The van der Waals surface area contributed by atoms with Crippen molar-refractivity contribution in [3.63, 3.8) is 0 Å². The van der Waals surface area contributed by atoms with Gasteiger partial charge in [-0.15, -0.1) is 0 Å². The zero-order valence-corrected chi connectivity index (χ0v) is 18.4. The Hall–Kier alpha value is -2.44. The number of nitrogens with one attached hydrogen (secondary N) is 2. The molecule has 30 heavy (non-hydrogen) atoms. The zero-order chi connectivity index (χ0) is 21.1. The molecule has 2 heterocycles. The van der Waals surface area contributed by atoms with Crippen LogP contribution in [0.1, 0.15) is 51.5 Å². The van der Waals surface area contributed by atoms with E-state index in [1.165, 1.54) is 18.4 Å². The van der Waals surface area contributed by atoms with Crippen molar-refractivity contribution in [1.29, 1.82) is 0 Å². The number of amides is 1. The number of guanidine groups is 1.